The van der Waals surface area contributed by atoms with Crippen LogP contribution in [0.5, 0.6) is 11.6 Å². The highest BCUT2D eigenvalue weighted by Gasteiger charge is 2.37. The Hall–Kier alpha value is -3.00. The van der Waals surface area contributed by atoms with Gasteiger partial charge in [0.1, 0.15) is 31.2 Å². The molecule has 192 valence electrons. The zero-order chi connectivity index (χ0) is 25.4. The van der Waals surface area contributed by atoms with Crippen LogP contribution in [-0.2, 0) is 22.2 Å². The van der Waals surface area contributed by atoms with Crippen LogP contribution in [0.4, 0.5) is 26.3 Å². The molecule has 1 aromatic carbocycles. The molecule has 35 heavy (non-hydrogen) atoms. The van der Waals surface area contributed by atoms with E-state index in [0.29, 0.717) is 13.0 Å². The fourth-order valence-corrected chi connectivity index (χ4v) is 3.90. The van der Waals surface area contributed by atoms with Gasteiger partial charge in [0, 0.05) is 31.7 Å². The summed E-state index contributed by atoms with van der Waals surface area (Å²) in [5, 5.41) is 6.80. The van der Waals surface area contributed by atoms with E-state index in [4.69, 9.17) is 14.2 Å². The van der Waals surface area contributed by atoms with Gasteiger partial charge in [-0.05, 0) is 18.2 Å². The molecule has 3 atom stereocenters. The molecule has 0 fully saturated rings. The summed E-state index contributed by atoms with van der Waals surface area (Å²) in [6, 6.07) is 3.55. The summed E-state index contributed by atoms with van der Waals surface area (Å²) < 4.78 is 98.7. The third-order valence-electron chi connectivity index (χ3n) is 5.49. The van der Waals surface area contributed by atoms with E-state index in [-0.39, 0.29) is 36.1 Å². The highest BCUT2D eigenvalue weighted by molar-refractivity contribution is 5.92. The van der Waals surface area contributed by atoms with Gasteiger partial charge in [0.15, 0.2) is 5.69 Å². The van der Waals surface area contributed by atoms with Crippen LogP contribution >= 0.6 is 0 Å². The Balaban J connectivity index is 1.42. The second-order valence-corrected chi connectivity index (χ2v) is 8.05. The molecule has 3 heterocycles. The first-order chi connectivity index (χ1) is 16.4. The van der Waals surface area contributed by atoms with Crippen molar-refractivity contribution in [3.63, 3.8) is 0 Å². The average Bonchev–Trinajstić information content (AvgIpc) is 3.21. The van der Waals surface area contributed by atoms with E-state index in [9.17, 15) is 31.1 Å². The van der Waals surface area contributed by atoms with Crippen LogP contribution in [0.1, 0.15) is 34.1 Å². The summed E-state index contributed by atoms with van der Waals surface area (Å²) >= 11 is 0. The lowest BCUT2D eigenvalue weighted by molar-refractivity contribution is -0.179. The first-order valence-electron chi connectivity index (χ1n) is 10.5. The number of alkyl halides is 6. The quantitative estimate of drug-likeness (QED) is 0.601. The van der Waals surface area contributed by atoms with Gasteiger partial charge in [-0.1, -0.05) is 0 Å². The number of aromatic nitrogens is 2. The number of nitrogens with one attached hydrogen (secondary N) is 1. The van der Waals surface area contributed by atoms with Gasteiger partial charge in [0.05, 0.1) is 18.2 Å². The van der Waals surface area contributed by atoms with Crippen molar-refractivity contribution < 1.29 is 50.1 Å². The van der Waals surface area contributed by atoms with Crippen molar-refractivity contribution >= 4 is 5.91 Å². The summed E-state index contributed by atoms with van der Waals surface area (Å²) in [6.45, 7) is -1.42. The molecule has 0 bridgehead atoms. The molecule has 1 N–H and O–H groups in total. The van der Waals surface area contributed by atoms with Gasteiger partial charge in [-0.3, -0.25) is 4.79 Å². The number of halogens is 6. The molecular formula is C21H21F6N3O5. The predicted molar refractivity (Wildman–Crippen MR) is 106 cm³/mol. The average molecular weight is 509 g/mol. The van der Waals surface area contributed by atoms with E-state index in [1.807, 2.05) is 0 Å². The lowest BCUT2D eigenvalue weighted by Gasteiger charge is -2.33. The molecule has 2 unspecified atom stereocenters. The lowest BCUT2D eigenvalue weighted by atomic mass is 9.96. The van der Waals surface area contributed by atoms with Crippen molar-refractivity contribution in [1.29, 1.82) is 0 Å². The number of hydrogen-bond acceptors (Lipinski definition) is 6. The van der Waals surface area contributed by atoms with E-state index in [2.05, 4.69) is 15.2 Å². The van der Waals surface area contributed by atoms with E-state index in [1.54, 1.807) is 0 Å². The monoisotopic (exact) mass is 509 g/mol. The van der Waals surface area contributed by atoms with Crippen molar-refractivity contribution in [2.75, 3.05) is 26.9 Å². The van der Waals surface area contributed by atoms with Crippen LogP contribution in [0.25, 0.3) is 0 Å². The molecule has 2 aromatic rings. The number of hydrogen-bond donors (Lipinski definition) is 1. The second-order valence-electron chi connectivity index (χ2n) is 8.05. The maximum Gasteiger partial charge on any atom is 0.416 e. The Bertz CT molecular complexity index is 1070. The number of aryl methyl sites for hydroxylation is 1. The standard InChI is InChI=1S/C21H21F6N3O5/c1-32-18-13-6-11(21(25,26)27)2-3-16(13)34-9-15(18)28-19(31)14-7-17-30(29-14)5-4-12(35-17)8-33-10-20(22,23)24/h2-3,6-7,12,15,18H,4-5,8-10H2,1H3,(H,28,31)/t12?,15-,18?/m0/s1. The van der Waals surface area contributed by atoms with Crippen molar-refractivity contribution in [2.45, 2.75) is 43.6 Å². The van der Waals surface area contributed by atoms with Gasteiger partial charge >= 0.3 is 12.4 Å². The molecular weight excluding hydrogens is 488 g/mol. The number of rotatable bonds is 6. The minimum atomic E-state index is -4.56. The Morgan fingerprint density at radius 2 is 2.00 bits per heavy atom. The van der Waals surface area contributed by atoms with Crippen molar-refractivity contribution in [3.8, 4) is 11.6 Å². The molecule has 0 spiro atoms. The molecule has 8 nitrogen and oxygen atoms in total. The predicted octanol–water partition coefficient (Wildman–Crippen LogP) is 3.51. The molecule has 14 heteroatoms. The SMILES string of the molecule is COC1c2cc(C(F)(F)F)ccc2OC[C@@H]1NC(=O)c1cc2n(n1)CCC(COCC(F)(F)F)O2. The second kappa shape index (κ2) is 9.57. The van der Waals surface area contributed by atoms with Crippen molar-refractivity contribution in [3.05, 3.63) is 41.1 Å². The lowest BCUT2D eigenvalue weighted by Crippen LogP contribution is -2.46. The zero-order valence-corrected chi connectivity index (χ0v) is 18.3. The molecule has 2 aliphatic rings. The summed E-state index contributed by atoms with van der Waals surface area (Å²) in [4.78, 5) is 12.8. The summed E-state index contributed by atoms with van der Waals surface area (Å²) in [7, 11) is 1.31. The summed E-state index contributed by atoms with van der Waals surface area (Å²) in [6.07, 6.45) is -10.2. The first-order valence-corrected chi connectivity index (χ1v) is 10.5. The van der Waals surface area contributed by atoms with Crippen LogP contribution in [0.15, 0.2) is 24.3 Å². The fourth-order valence-electron chi connectivity index (χ4n) is 3.90. The number of fused-ring (bicyclic) bond motifs is 2. The number of carbonyl (C=O) groups is 1. The van der Waals surface area contributed by atoms with E-state index < -0.39 is 48.7 Å². The van der Waals surface area contributed by atoms with Crippen molar-refractivity contribution in [2.24, 2.45) is 0 Å². The molecule has 4 rings (SSSR count). The smallest absolute Gasteiger partial charge is 0.416 e. The van der Waals surface area contributed by atoms with Crippen LogP contribution in [0, 0.1) is 0 Å². The maximum absolute atomic E-state index is 13.1. The van der Waals surface area contributed by atoms with E-state index in [1.165, 1.54) is 23.9 Å². The zero-order valence-electron chi connectivity index (χ0n) is 18.3. The number of benzene rings is 1. The largest absolute Gasteiger partial charge is 0.491 e. The van der Waals surface area contributed by atoms with Gasteiger partial charge in [-0.25, -0.2) is 4.68 Å². The normalized spacial score (nSPS) is 22.0. The number of nitrogens with zero attached hydrogens (tertiary/aromatic N) is 2. The van der Waals surface area contributed by atoms with Crippen molar-refractivity contribution in [1.82, 2.24) is 15.1 Å². The van der Waals surface area contributed by atoms with Gasteiger partial charge in [-0.2, -0.15) is 31.4 Å². The molecule has 1 amide bonds. The number of ether oxygens (including phenoxy) is 4. The minimum absolute atomic E-state index is 0.0402. The van der Waals surface area contributed by atoms with Gasteiger partial charge < -0.3 is 24.3 Å². The fraction of sp³-hybridized carbons (Fsp3) is 0.524. The van der Waals surface area contributed by atoms with Crippen LogP contribution in [0.2, 0.25) is 0 Å². The Morgan fingerprint density at radius 3 is 2.69 bits per heavy atom. The van der Waals surface area contributed by atoms with Gasteiger partial charge in [0.25, 0.3) is 5.91 Å². The number of amides is 1. The summed E-state index contributed by atoms with van der Waals surface area (Å²) in [5.74, 6) is -0.239. The minimum Gasteiger partial charge on any atom is -0.491 e. The molecule has 0 saturated heterocycles. The maximum atomic E-state index is 13.1. The molecule has 1 aromatic heterocycles. The first kappa shape index (κ1) is 25.1. The highest BCUT2D eigenvalue weighted by Crippen LogP contribution is 2.39. The topological polar surface area (TPSA) is 83.8 Å². The Morgan fingerprint density at radius 1 is 1.23 bits per heavy atom. The number of methoxy groups -OCH3 is 1. The van der Waals surface area contributed by atoms with Gasteiger partial charge in [0.2, 0.25) is 5.88 Å². The van der Waals surface area contributed by atoms with Crippen LogP contribution in [0.3, 0.4) is 0 Å². The Labute approximate surface area is 195 Å². The third kappa shape index (κ3) is 5.81. The molecule has 0 saturated carbocycles. The van der Waals surface area contributed by atoms with Crippen LogP contribution < -0.4 is 14.8 Å². The molecule has 2 aliphatic heterocycles. The molecule has 0 radical (unpaired) electrons. The Kier molecular flexibility index (Phi) is 6.86. The van der Waals surface area contributed by atoms with Gasteiger partial charge in [-0.15, -0.1) is 0 Å². The van der Waals surface area contributed by atoms with E-state index >= 15 is 0 Å². The van der Waals surface area contributed by atoms with E-state index in [0.717, 1.165) is 12.1 Å². The molecule has 0 aliphatic carbocycles. The third-order valence-corrected chi connectivity index (χ3v) is 5.49. The van der Waals surface area contributed by atoms with Crippen LogP contribution in [-0.4, -0.2) is 60.9 Å². The number of carbonyl (C=O) groups excluding carboxylic acids is 1. The summed E-state index contributed by atoms with van der Waals surface area (Å²) in [5.41, 5.74) is -0.767. The highest BCUT2D eigenvalue weighted by atomic mass is 19.4.